The zero-order chi connectivity index (χ0) is 25.1. The number of rotatable bonds is 5. The Balaban J connectivity index is 0.000000496. The molecule has 0 bridgehead atoms. The van der Waals surface area contributed by atoms with Gasteiger partial charge in [0, 0.05) is 18.3 Å². The number of H-pyrrole nitrogens is 1. The molecular formula is C18H24F6N4O4. The number of aromatic nitrogens is 4. The largest absolute Gasteiger partial charge is 0.480 e. The van der Waals surface area contributed by atoms with Crippen LogP contribution in [0.25, 0.3) is 0 Å². The molecule has 2 aromatic rings. The standard InChI is InChI=1S/C8H9F3N2O2.C6H7F3N2.C4H8O2/c1-2-5-3-6(8(9,10)11)12-13(5)4-7(14)15;1-2-4-3-5(11-10-4)6(7,8)9;1-3-6-4(2)5/h3H,2,4H2,1H3,(H,14,15);3H,2H2,1H3,(H,10,11);3H2,1-2H3. The highest BCUT2D eigenvalue weighted by Gasteiger charge is 2.35. The number of aryl methyl sites for hydroxylation is 2. The van der Waals surface area contributed by atoms with Crippen LogP contribution in [0.1, 0.15) is 50.5 Å². The smallest absolute Gasteiger partial charge is 0.435 e. The maximum Gasteiger partial charge on any atom is 0.435 e. The first-order valence-corrected chi connectivity index (χ1v) is 9.26. The molecule has 0 aliphatic rings. The highest BCUT2D eigenvalue weighted by Crippen LogP contribution is 2.29. The lowest BCUT2D eigenvalue weighted by molar-refractivity contribution is -0.143. The van der Waals surface area contributed by atoms with Gasteiger partial charge in [-0.3, -0.25) is 19.4 Å². The molecule has 14 heteroatoms. The molecule has 8 nitrogen and oxygen atoms in total. The fourth-order valence-electron chi connectivity index (χ4n) is 2.03. The van der Waals surface area contributed by atoms with Crippen molar-refractivity contribution in [1.29, 1.82) is 0 Å². The van der Waals surface area contributed by atoms with Crippen LogP contribution in [0, 0.1) is 0 Å². The van der Waals surface area contributed by atoms with Gasteiger partial charge in [-0.1, -0.05) is 13.8 Å². The van der Waals surface area contributed by atoms with E-state index in [1.165, 1.54) is 6.92 Å². The molecule has 0 amide bonds. The quantitative estimate of drug-likeness (QED) is 0.499. The lowest BCUT2D eigenvalue weighted by Gasteiger charge is -2.01. The Labute approximate surface area is 179 Å². The van der Waals surface area contributed by atoms with E-state index in [9.17, 15) is 35.9 Å². The molecule has 0 aliphatic carbocycles. The van der Waals surface area contributed by atoms with Crippen molar-refractivity contribution in [2.45, 2.75) is 59.4 Å². The highest BCUT2D eigenvalue weighted by atomic mass is 19.4. The Morgan fingerprint density at radius 2 is 1.59 bits per heavy atom. The van der Waals surface area contributed by atoms with Crippen LogP contribution < -0.4 is 0 Å². The number of esters is 1. The minimum Gasteiger partial charge on any atom is -0.480 e. The number of ether oxygens (including phenoxy) is 1. The minimum atomic E-state index is -4.53. The van der Waals surface area contributed by atoms with Crippen LogP contribution in [0.5, 0.6) is 0 Å². The van der Waals surface area contributed by atoms with Crippen LogP contribution >= 0.6 is 0 Å². The van der Waals surface area contributed by atoms with Crippen LogP contribution in [0.4, 0.5) is 26.3 Å². The number of halogens is 6. The van der Waals surface area contributed by atoms with Crippen LogP contribution in [-0.2, 0) is 46.1 Å². The summed E-state index contributed by atoms with van der Waals surface area (Å²) in [4.78, 5) is 20.2. The number of carboxylic acid groups (broad SMARTS) is 1. The molecule has 2 aromatic heterocycles. The molecule has 0 aliphatic heterocycles. The molecule has 0 saturated heterocycles. The number of hydrogen-bond acceptors (Lipinski definition) is 5. The van der Waals surface area contributed by atoms with E-state index in [0.29, 0.717) is 25.1 Å². The summed E-state index contributed by atoms with van der Waals surface area (Å²) in [5.74, 6) is -1.43. The predicted molar refractivity (Wildman–Crippen MR) is 99.5 cm³/mol. The average Bonchev–Trinajstić information content (AvgIpc) is 3.28. The second kappa shape index (κ2) is 12.7. The summed E-state index contributed by atoms with van der Waals surface area (Å²) >= 11 is 0. The number of aromatic amines is 1. The molecule has 2 N–H and O–H groups in total. The van der Waals surface area contributed by atoms with E-state index in [-0.39, 0.29) is 11.7 Å². The fraction of sp³-hybridized carbons (Fsp3) is 0.556. The maximum atomic E-state index is 12.2. The highest BCUT2D eigenvalue weighted by molar-refractivity contribution is 5.66. The predicted octanol–water partition coefficient (Wildman–Crippen LogP) is 4.11. The minimum absolute atomic E-state index is 0.211. The molecule has 0 unspecified atom stereocenters. The van der Waals surface area contributed by atoms with Gasteiger partial charge in [-0.05, 0) is 31.9 Å². The Hall–Kier alpha value is -3.06. The fourth-order valence-corrected chi connectivity index (χ4v) is 2.03. The molecule has 182 valence electrons. The van der Waals surface area contributed by atoms with E-state index >= 15 is 0 Å². The van der Waals surface area contributed by atoms with Crippen molar-refractivity contribution in [3.8, 4) is 0 Å². The van der Waals surface area contributed by atoms with Gasteiger partial charge in [0.2, 0.25) is 0 Å². The van der Waals surface area contributed by atoms with Gasteiger partial charge in [0.25, 0.3) is 0 Å². The maximum absolute atomic E-state index is 12.2. The molecule has 2 heterocycles. The summed E-state index contributed by atoms with van der Waals surface area (Å²) in [6, 6.07) is 1.88. The molecule has 0 fully saturated rings. The number of hydrogen-bond donors (Lipinski definition) is 2. The zero-order valence-electron chi connectivity index (χ0n) is 17.8. The van der Waals surface area contributed by atoms with Gasteiger partial charge in [-0.25, -0.2) is 0 Å². The van der Waals surface area contributed by atoms with Gasteiger partial charge in [-0.15, -0.1) is 0 Å². The van der Waals surface area contributed by atoms with Crippen molar-refractivity contribution in [3.63, 3.8) is 0 Å². The topological polar surface area (TPSA) is 110 Å². The van der Waals surface area contributed by atoms with Crippen LogP contribution in [0.3, 0.4) is 0 Å². The van der Waals surface area contributed by atoms with Crippen molar-refractivity contribution < 1.29 is 45.8 Å². The number of carboxylic acids is 1. The number of carbonyl (C=O) groups is 2. The Bertz CT molecular complexity index is 859. The van der Waals surface area contributed by atoms with Crippen molar-refractivity contribution in [3.05, 3.63) is 34.9 Å². The van der Waals surface area contributed by atoms with Crippen LogP contribution in [0.15, 0.2) is 12.1 Å². The van der Waals surface area contributed by atoms with Crippen molar-refractivity contribution in [1.82, 2.24) is 20.0 Å². The van der Waals surface area contributed by atoms with Crippen molar-refractivity contribution >= 4 is 11.9 Å². The summed E-state index contributed by atoms with van der Waals surface area (Å²) < 4.78 is 77.5. The zero-order valence-corrected chi connectivity index (χ0v) is 17.8. The first-order valence-electron chi connectivity index (χ1n) is 9.26. The summed E-state index contributed by atoms with van der Waals surface area (Å²) in [5.41, 5.74) is -1.16. The van der Waals surface area contributed by atoms with Gasteiger partial charge in [0.15, 0.2) is 11.4 Å². The lowest BCUT2D eigenvalue weighted by atomic mass is 10.3. The van der Waals surface area contributed by atoms with Gasteiger partial charge in [-0.2, -0.15) is 36.5 Å². The number of aliphatic carboxylic acids is 1. The number of carbonyl (C=O) groups excluding carboxylic acids is 1. The molecule has 0 spiro atoms. The molecule has 0 radical (unpaired) electrons. The van der Waals surface area contributed by atoms with E-state index in [2.05, 4.69) is 20.0 Å². The SMILES string of the molecule is CCOC(C)=O.CCc1cc(C(F)(F)F)n[nH]1.CCc1cc(C(F)(F)F)nn1CC(=O)O. The number of nitrogens with one attached hydrogen (secondary N) is 1. The Kier molecular flexibility index (Phi) is 11.5. The van der Waals surface area contributed by atoms with Crippen molar-refractivity contribution in [2.24, 2.45) is 0 Å². The third-order valence-electron chi connectivity index (χ3n) is 3.45. The summed E-state index contributed by atoms with van der Waals surface area (Å²) in [6.45, 7) is 6.49. The lowest BCUT2D eigenvalue weighted by Crippen LogP contribution is -2.14. The van der Waals surface area contributed by atoms with Crippen LogP contribution in [-0.4, -0.2) is 43.6 Å². The van der Waals surface area contributed by atoms with Gasteiger partial charge >= 0.3 is 24.3 Å². The third kappa shape index (κ3) is 10.8. The van der Waals surface area contributed by atoms with E-state index in [1.54, 1.807) is 20.8 Å². The first-order chi connectivity index (χ1) is 14.6. The second-order valence-corrected chi connectivity index (χ2v) is 5.98. The molecule has 0 saturated carbocycles. The van der Waals surface area contributed by atoms with Crippen LogP contribution in [0.2, 0.25) is 0 Å². The third-order valence-corrected chi connectivity index (χ3v) is 3.45. The first kappa shape index (κ1) is 28.9. The number of alkyl halides is 6. The normalized spacial score (nSPS) is 11.1. The van der Waals surface area contributed by atoms with Crippen molar-refractivity contribution in [2.75, 3.05) is 6.61 Å². The Morgan fingerprint density at radius 3 is 1.88 bits per heavy atom. The monoisotopic (exact) mass is 474 g/mol. The van der Waals surface area contributed by atoms with E-state index in [1.807, 2.05) is 0 Å². The van der Waals surface area contributed by atoms with Gasteiger partial charge in [0.1, 0.15) is 6.54 Å². The summed E-state index contributed by atoms with van der Waals surface area (Å²) in [6.07, 6.45) is -8.03. The summed E-state index contributed by atoms with van der Waals surface area (Å²) in [5, 5.41) is 17.1. The van der Waals surface area contributed by atoms with E-state index in [4.69, 9.17) is 5.11 Å². The molecule has 0 aromatic carbocycles. The number of nitrogens with zero attached hydrogens (tertiary/aromatic N) is 3. The second-order valence-electron chi connectivity index (χ2n) is 5.98. The summed E-state index contributed by atoms with van der Waals surface area (Å²) in [7, 11) is 0. The molecule has 32 heavy (non-hydrogen) atoms. The molecular weight excluding hydrogens is 450 g/mol. The molecule has 2 rings (SSSR count). The van der Waals surface area contributed by atoms with E-state index < -0.39 is 36.3 Å². The average molecular weight is 474 g/mol. The van der Waals surface area contributed by atoms with E-state index in [0.717, 1.165) is 16.8 Å². The molecule has 0 atom stereocenters. The Morgan fingerprint density at radius 1 is 1.03 bits per heavy atom. The van der Waals surface area contributed by atoms with Gasteiger partial charge in [0.05, 0.1) is 6.61 Å². The van der Waals surface area contributed by atoms with Gasteiger partial charge < -0.3 is 9.84 Å².